The smallest absolute Gasteiger partial charge is 0.146 e. The van der Waals surface area contributed by atoms with E-state index in [1.165, 1.54) is 0 Å². The van der Waals surface area contributed by atoms with Crippen LogP contribution in [0.15, 0.2) is 18.2 Å². The molecule has 0 amide bonds. The fourth-order valence-corrected chi connectivity index (χ4v) is 2.17. The second-order valence-electron chi connectivity index (χ2n) is 5.59. The number of benzene rings is 1. The Hall–Kier alpha value is -1.09. The van der Waals surface area contributed by atoms with Crippen LogP contribution < -0.4 is 10.6 Å². The van der Waals surface area contributed by atoms with Crippen LogP contribution in [0.4, 0.5) is 10.1 Å². The molecule has 0 saturated carbocycles. The van der Waals surface area contributed by atoms with Gasteiger partial charge in [-0.2, -0.15) is 0 Å². The highest BCUT2D eigenvalue weighted by molar-refractivity contribution is 5.49. The minimum absolute atomic E-state index is 0.132. The second kappa shape index (κ2) is 6.19. The predicted molar refractivity (Wildman–Crippen MR) is 76.3 cm³/mol. The van der Waals surface area contributed by atoms with Crippen LogP contribution in [0.2, 0.25) is 0 Å². The Labute approximate surface area is 110 Å². The van der Waals surface area contributed by atoms with E-state index >= 15 is 0 Å². The third kappa shape index (κ3) is 3.70. The zero-order chi connectivity index (χ0) is 13.9. The molecule has 0 aromatic heterocycles. The molecule has 1 aromatic rings. The van der Waals surface area contributed by atoms with Crippen molar-refractivity contribution in [2.45, 2.75) is 46.2 Å². The van der Waals surface area contributed by atoms with Gasteiger partial charge in [-0.1, -0.05) is 19.9 Å². The average molecular weight is 252 g/mol. The van der Waals surface area contributed by atoms with Crippen molar-refractivity contribution in [2.24, 2.45) is 11.7 Å². The summed E-state index contributed by atoms with van der Waals surface area (Å²) in [5.74, 6) is 0.414. The SMILES string of the molecule is CC(C)CC(C)N(C)c1ccc([C@@H](C)N)cc1F. The van der Waals surface area contributed by atoms with Crippen LogP contribution >= 0.6 is 0 Å². The number of halogens is 1. The number of nitrogens with two attached hydrogens (primary N) is 1. The molecule has 0 spiro atoms. The molecule has 0 aliphatic rings. The lowest BCUT2D eigenvalue weighted by Gasteiger charge is -2.29. The summed E-state index contributed by atoms with van der Waals surface area (Å²) < 4.78 is 14.1. The van der Waals surface area contributed by atoms with E-state index in [9.17, 15) is 4.39 Å². The predicted octanol–water partition coefficient (Wildman–Crippen LogP) is 3.72. The Morgan fingerprint density at radius 2 is 1.83 bits per heavy atom. The lowest BCUT2D eigenvalue weighted by Crippen LogP contribution is -2.30. The Kier molecular flexibility index (Phi) is 5.15. The summed E-state index contributed by atoms with van der Waals surface area (Å²) >= 11 is 0. The van der Waals surface area contributed by atoms with Crippen molar-refractivity contribution in [1.29, 1.82) is 0 Å². The van der Waals surface area contributed by atoms with Crippen LogP contribution in [0, 0.1) is 11.7 Å². The van der Waals surface area contributed by atoms with Gasteiger partial charge in [0.1, 0.15) is 5.82 Å². The quantitative estimate of drug-likeness (QED) is 0.865. The molecule has 0 aliphatic carbocycles. The monoisotopic (exact) mass is 252 g/mol. The number of hydrogen-bond acceptors (Lipinski definition) is 2. The molecule has 0 aliphatic heterocycles. The summed E-state index contributed by atoms with van der Waals surface area (Å²) in [5.41, 5.74) is 7.23. The van der Waals surface area contributed by atoms with Gasteiger partial charge in [0, 0.05) is 19.1 Å². The van der Waals surface area contributed by atoms with Crippen LogP contribution in [-0.4, -0.2) is 13.1 Å². The molecule has 1 rings (SSSR count). The maximum atomic E-state index is 14.1. The average Bonchev–Trinajstić information content (AvgIpc) is 2.26. The van der Waals surface area contributed by atoms with E-state index in [1.54, 1.807) is 6.07 Å². The van der Waals surface area contributed by atoms with Crippen molar-refractivity contribution >= 4 is 5.69 Å². The summed E-state index contributed by atoms with van der Waals surface area (Å²) in [4.78, 5) is 2.00. The van der Waals surface area contributed by atoms with Gasteiger partial charge in [-0.25, -0.2) is 4.39 Å². The number of hydrogen-bond donors (Lipinski definition) is 1. The molecular formula is C15H25FN2. The lowest BCUT2D eigenvalue weighted by molar-refractivity contribution is 0.498. The van der Waals surface area contributed by atoms with Gasteiger partial charge in [0.05, 0.1) is 5.69 Å². The van der Waals surface area contributed by atoms with Gasteiger partial charge in [-0.3, -0.25) is 0 Å². The fourth-order valence-electron chi connectivity index (χ4n) is 2.17. The minimum Gasteiger partial charge on any atom is -0.370 e. The summed E-state index contributed by atoms with van der Waals surface area (Å²) in [7, 11) is 1.94. The molecule has 0 radical (unpaired) electrons. The summed E-state index contributed by atoms with van der Waals surface area (Å²) in [6.45, 7) is 8.35. The Bertz CT molecular complexity index is 388. The van der Waals surface area contributed by atoms with Gasteiger partial charge in [0.25, 0.3) is 0 Å². The van der Waals surface area contributed by atoms with Crippen molar-refractivity contribution in [3.63, 3.8) is 0 Å². The minimum atomic E-state index is -0.192. The molecule has 0 heterocycles. The van der Waals surface area contributed by atoms with E-state index < -0.39 is 0 Å². The van der Waals surface area contributed by atoms with E-state index in [-0.39, 0.29) is 11.9 Å². The number of anilines is 1. The maximum Gasteiger partial charge on any atom is 0.146 e. The van der Waals surface area contributed by atoms with Crippen molar-refractivity contribution < 1.29 is 4.39 Å². The highest BCUT2D eigenvalue weighted by Crippen LogP contribution is 2.25. The van der Waals surface area contributed by atoms with Crippen LogP contribution in [0.1, 0.15) is 45.7 Å². The third-order valence-electron chi connectivity index (χ3n) is 3.35. The van der Waals surface area contributed by atoms with Crippen LogP contribution in [0.3, 0.4) is 0 Å². The zero-order valence-electron chi connectivity index (χ0n) is 12.1. The van der Waals surface area contributed by atoms with Gasteiger partial charge in [0.15, 0.2) is 0 Å². The summed E-state index contributed by atoms with van der Waals surface area (Å²) in [6, 6.07) is 5.46. The van der Waals surface area contributed by atoms with E-state index in [2.05, 4.69) is 20.8 Å². The normalized spacial score (nSPS) is 14.7. The van der Waals surface area contributed by atoms with Crippen LogP contribution in [-0.2, 0) is 0 Å². The molecule has 18 heavy (non-hydrogen) atoms. The van der Waals surface area contributed by atoms with Crippen LogP contribution in [0.5, 0.6) is 0 Å². The molecule has 0 fully saturated rings. The molecule has 1 aromatic carbocycles. The Balaban J connectivity index is 2.89. The molecule has 2 atom stereocenters. The van der Waals surface area contributed by atoms with Crippen molar-refractivity contribution in [3.8, 4) is 0 Å². The largest absolute Gasteiger partial charge is 0.370 e. The summed E-state index contributed by atoms with van der Waals surface area (Å²) in [5, 5.41) is 0. The molecule has 3 heteroatoms. The third-order valence-corrected chi connectivity index (χ3v) is 3.35. The first-order valence-corrected chi connectivity index (χ1v) is 6.60. The first-order valence-electron chi connectivity index (χ1n) is 6.60. The van der Waals surface area contributed by atoms with Crippen molar-refractivity contribution in [3.05, 3.63) is 29.6 Å². The van der Waals surface area contributed by atoms with E-state index in [4.69, 9.17) is 5.73 Å². The van der Waals surface area contributed by atoms with Crippen molar-refractivity contribution in [2.75, 3.05) is 11.9 Å². The molecule has 2 nitrogen and oxygen atoms in total. The lowest BCUT2D eigenvalue weighted by atomic mass is 10.0. The molecule has 102 valence electrons. The standard InChI is InChI=1S/C15H25FN2/c1-10(2)8-11(3)18(5)15-7-6-13(12(4)17)9-14(15)16/h6-7,9-12H,8,17H2,1-5H3/t11?,12-/m1/s1. The van der Waals surface area contributed by atoms with Crippen molar-refractivity contribution in [1.82, 2.24) is 0 Å². The highest BCUT2D eigenvalue weighted by atomic mass is 19.1. The Morgan fingerprint density at radius 3 is 2.28 bits per heavy atom. The first-order chi connectivity index (χ1) is 8.32. The van der Waals surface area contributed by atoms with Gasteiger partial charge in [-0.05, 0) is 43.9 Å². The molecule has 1 unspecified atom stereocenters. The number of nitrogens with zero attached hydrogens (tertiary/aromatic N) is 1. The topological polar surface area (TPSA) is 29.3 Å². The molecular weight excluding hydrogens is 227 g/mol. The fraction of sp³-hybridized carbons (Fsp3) is 0.600. The zero-order valence-corrected chi connectivity index (χ0v) is 12.1. The second-order valence-corrected chi connectivity index (χ2v) is 5.59. The molecule has 0 saturated heterocycles. The van der Waals surface area contributed by atoms with Crippen LogP contribution in [0.25, 0.3) is 0 Å². The number of rotatable bonds is 5. The first kappa shape index (κ1) is 15.0. The van der Waals surface area contributed by atoms with Gasteiger partial charge >= 0.3 is 0 Å². The van der Waals surface area contributed by atoms with E-state index in [0.29, 0.717) is 17.6 Å². The van der Waals surface area contributed by atoms with E-state index in [1.807, 2.05) is 31.0 Å². The molecule has 2 N–H and O–H groups in total. The highest BCUT2D eigenvalue weighted by Gasteiger charge is 2.15. The summed E-state index contributed by atoms with van der Waals surface area (Å²) in [6.07, 6.45) is 1.05. The van der Waals surface area contributed by atoms with Gasteiger partial charge < -0.3 is 10.6 Å². The Morgan fingerprint density at radius 1 is 1.22 bits per heavy atom. The maximum absolute atomic E-state index is 14.1. The van der Waals surface area contributed by atoms with Gasteiger partial charge in [-0.15, -0.1) is 0 Å². The van der Waals surface area contributed by atoms with Gasteiger partial charge in [0.2, 0.25) is 0 Å². The molecule has 0 bridgehead atoms. The van der Waals surface area contributed by atoms with E-state index in [0.717, 1.165) is 12.0 Å².